The summed E-state index contributed by atoms with van der Waals surface area (Å²) in [5.74, 6) is 0. The second-order valence-electron chi connectivity index (χ2n) is 8.21. The zero-order valence-electron chi connectivity index (χ0n) is 18.0. The van der Waals surface area contributed by atoms with Gasteiger partial charge >= 0.3 is 0 Å². The van der Waals surface area contributed by atoms with Gasteiger partial charge in [0.25, 0.3) is 10.0 Å². The summed E-state index contributed by atoms with van der Waals surface area (Å²) in [5, 5.41) is 2.15. The van der Waals surface area contributed by atoms with Gasteiger partial charge in [-0.25, -0.2) is 8.42 Å². The lowest BCUT2D eigenvalue weighted by Crippen LogP contribution is -2.33. The monoisotopic (exact) mass is 439 g/mol. The topological polar surface area (TPSA) is 37.4 Å². The molecule has 4 heteroatoms. The first-order valence-electron chi connectivity index (χ1n) is 10.9. The second kappa shape index (κ2) is 8.29. The highest BCUT2D eigenvalue weighted by Crippen LogP contribution is 2.41. The van der Waals surface area contributed by atoms with Gasteiger partial charge in [0.2, 0.25) is 0 Å². The van der Waals surface area contributed by atoms with Gasteiger partial charge in [0.1, 0.15) is 0 Å². The number of hydrogen-bond acceptors (Lipinski definition) is 2. The Morgan fingerprint density at radius 2 is 1.56 bits per heavy atom. The summed E-state index contributed by atoms with van der Waals surface area (Å²) in [6.45, 7) is 2.41. The number of nitrogens with zero attached hydrogens (tertiary/aromatic N) is 1. The van der Waals surface area contributed by atoms with Crippen molar-refractivity contribution in [1.82, 2.24) is 0 Å². The van der Waals surface area contributed by atoms with Gasteiger partial charge in [-0.1, -0.05) is 84.4 Å². The van der Waals surface area contributed by atoms with E-state index in [4.69, 9.17) is 0 Å². The number of aryl methyl sites for hydroxylation is 1. The van der Waals surface area contributed by atoms with Gasteiger partial charge in [0.15, 0.2) is 0 Å². The molecule has 0 N–H and O–H groups in total. The SMILES string of the molecule is Cc1ccc(S(=O)(=O)N2CCC/C=C\c3c2cc2ccccc2c3-c2ccccc2)cc1. The fourth-order valence-electron chi connectivity index (χ4n) is 4.40. The number of fused-ring (bicyclic) bond motifs is 2. The third-order valence-corrected chi connectivity index (χ3v) is 7.85. The minimum Gasteiger partial charge on any atom is -0.266 e. The smallest absolute Gasteiger partial charge is 0.264 e. The first kappa shape index (κ1) is 20.5. The quantitative estimate of drug-likeness (QED) is 0.351. The maximum Gasteiger partial charge on any atom is 0.264 e. The van der Waals surface area contributed by atoms with Crippen molar-refractivity contribution in [3.8, 4) is 11.1 Å². The molecule has 0 aliphatic carbocycles. The molecule has 4 aromatic carbocycles. The Labute approximate surface area is 189 Å². The van der Waals surface area contributed by atoms with Gasteiger partial charge in [-0.15, -0.1) is 0 Å². The van der Waals surface area contributed by atoms with Crippen LogP contribution in [-0.2, 0) is 10.0 Å². The van der Waals surface area contributed by atoms with Crippen molar-refractivity contribution in [3.63, 3.8) is 0 Å². The Hall–Kier alpha value is -3.37. The third kappa shape index (κ3) is 3.61. The van der Waals surface area contributed by atoms with Crippen LogP contribution >= 0.6 is 0 Å². The Bertz CT molecular complexity index is 1410. The summed E-state index contributed by atoms with van der Waals surface area (Å²) in [4.78, 5) is 0.327. The molecule has 160 valence electrons. The third-order valence-electron chi connectivity index (χ3n) is 6.02. The van der Waals surface area contributed by atoms with E-state index in [1.807, 2.05) is 55.5 Å². The van der Waals surface area contributed by atoms with Gasteiger partial charge in [-0.3, -0.25) is 4.31 Å². The molecule has 1 aliphatic rings. The zero-order valence-corrected chi connectivity index (χ0v) is 18.8. The summed E-state index contributed by atoms with van der Waals surface area (Å²) in [6, 6.07) is 27.6. The Kier molecular flexibility index (Phi) is 5.32. The summed E-state index contributed by atoms with van der Waals surface area (Å²) >= 11 is 0. The van der Waals surface area contributed by atoms with E-state index in [0.717, 1.165) is 51.6 Å². The van der Waals surface area contributed by atoms with Crippen LogP contribution < -0.4 is 4.31 Å². The highest BCUT2D eigenvalue weighted by atomic mass is 32.2. The van der Waals surface area contributed by atoms with E-state index in [2.05, 4.69) is 36.4 Å². The summed E-state index contributed by atoms with van der Waals surface area (Å²) in [6.07, 6.45) is 5.87. The van der Waals surface area contributed by atoms with Gasteiger partial charge in [-0.05, 0) is 59.9 Å². The standard InChI is InChI=1S/C28H25NO2S/c1-21-15-17-24(18-16-21)32(30,31)29-19-9-3-6-14-26-27(29)20-23-12-7-8-13-25(23)28(26)22-10-4-2-5-11-22/h2,4-8,10-18,20H,3,9,19H2,1H3/b14-6-. The number of benzene rings is 4. The van der Waals surface area contributed by atoms with Gasteiger partial charge in [-0.2, -0.15) is 0 Å². The first-order chi connectivity index (χ1) is 15.6. The normalized spacial score (nSPS) is 15.1. The number of anilines is 1. The van der Waals surface area contributed by atoms with Gasteiger partial charge < -0.3 is 0 Å². The predicted molar refractivity (Wildman–Crippen MR) is 133 cm³/mol. The molecule has 0 unspecified atom stereocenters. The summed E-state index contributed by atoms with van der Waals surface area (Å²) < 4.78 is 29.2. The molecular formula is C28H25NO2S. The number of sulfonamides is 1. The zero-order chi connectivity index (χ0) is 22.1. The van der Waals surface area contributed by atoms with Crippen LogP contribution in [0.5, 0.6) is 0 Å². The van der Waals surface area contributed by atoms with E-state index < -0.39 is 10.0 Å². The lowest BCUT2D eigenvalue weighted by Gasteiger charge is -2.29. The van der Waals surface area contributed by atoms with Crippen molar-refractivity contribution in [1.29, 1.82) is 0 Å². The molecule has 4 aromatic rings. The van der Waals surface area contributed by atoms with Gasteiger partial charge in [0.05, 0.1) is 10.6 Å². The molecule has 32 heavy (non-hydrogen) atoms. The number of allylic oxidation sites excluding steroid dienone is 1. The van der Waals surface area contributed by atoms with Crippen molar-refractivity contribution >= 4 is 32.6 Å². The average Bonchev–Trinajstić information content (AvgIpc) is 2.79. The van der Waals surface area contributed by atoms with Crippen LogP contribution in [0.25, 0.3) is 28.0 Å². The van der Waals surface area contributed by atoms with Crippen molar-refractivity contribution < 1.29 is 8.42 Å². The molecule has 1 heterocycles. The molecule has 1 aliphatic heterocycles. The highest BCUT2D eigenvalue weighted by Gasteiger charge is 2.28. The molecule has 0 amide bonds. The molecule has 0 saturated heterocycles. The summed E-state index contributed by atoms with van der Waals surface area (Å²) in [7, 11) is -3.70. The van der Waals surface area contributed by atoms with Crippen LogP contribution in [0.1, 0.15) is 24.0 Å². The second-order valence-corrected chi connectivity index (χ2v) is 10.1. The lowest BCUT2D eigenvalue weighted by molar-refractivity contribution is 0.589. The minimum absolute atomic E-state index is 0.327. The Balaban J connectivity index is 1.82. The maximum atomic E-state index is 13.8. The fraction of sp³-hybridized carbons (Fsp3) is 0.143. The molecule has 0 bridgehead atoms. The van der Waals surface area contributed by atoms with E-state index in [1.54, 1.807) is 16.4 Å². The molecular weight excluding hydrogens is 414 g/mol. The molecule has 0 radical (unpaired) electrons. The molecule has 5 rings (SSSR count). The Morgan fingerprint density at radius 1 is 0.844 bits per heavy atom. The van der Waals surface area contributed by atoms with Crippen molar-refractivity contribution in [2.24, 2.45) is 0 Å². The van der Waals surface area contributed by atoms with E-state index in [0.29, 0.717) is 11.4 Å². The maximum absolute atomic E-state index is 13.8. The van der Waals surface area contributed by atoms with Crippen molar-refractivity contribution in [3.05, 3.63) is 102 Å². The Morgan fingerprint density at radius 3 is 2.34 bits per heavy atom. The van der Waals surface area contributed by atoms with Crippen LogP contribution in [0.3, 0.4) is 0 Å². The molecule has 0 spiro atoms. The number of rotatable bonds is 3. The minimum atomic E-state index is -3.70. The van der Waals surface area contributed by atoms with Crippen LogP contribution in [-0.4, -0.2) is 15.0 Å². The number of hydrogen-bond donors (Lipinski definition) is 0. The molecule has 3 nitrogen and oxygen atoms in total. The predicted octanol–water partition coefficient (Wildman–Crippen LogP) is 6.82. The molecule has 0 atom stereocenters. The van der Waals surface area contributed by atoms with Crippen molar-refractivity contribution in [2.75, 3.05) is 10.8 Å². The first-order valence-corrected chi connectivity index (χ1v) is 12.4. The van der Waals surface area contributed by atoms with Crippen LogP contribution in [0.15, 0.2) is 95.9 Å². The largest absolute Gasteiger partial charge is 0.266 e. The van der Waals surface area contributed by atoms with E-state index >= 15 is 0 Å². The van der Waals surface area contributed by atoms with Crippen molar-refractivity contribution in [2.45, 2.75) is 24.7 Å². The van der Waals surface area contributed by atoms with Crippen LogP contribution in [0.2, 0.25) is 0 Å². The van der Waals surface area contributed by atoms with E-state index in [9.17, 15) is 8.42 Å². The lowest BCUT2D eigenvalue weighted by atomic mass is 9.91. The molecule has 0 saturated carbocycles. The highest BCUT2D eigenvalue weighted by molar-refractivity contribution is 7.92. The van der Waals surface area contributed by atoms with Crippen LogP contribution in [0, 0.1) is 6.92 Å². The average molecular weight is 440 g/mol. The van der Waals surface area contributed by atoms with Gasteiger partial charge in [0, 0.05) is 12.1 Å². The summed E-state index contributed by atoms with van der Waals surface area (Å²) in [5.41, 5.74) is 4.88. The van der Waals surface area contributed by atoms with Crippen LogP contribution in [0.4, 0.5) is 5.69 Å². The van der Waals surface area contributed by atoms with E-state index in [1.165, 1.54) is 0 Å². The fourth-order valence-corrected chi connectivity index (χ4v) is 5.92. The van der Waals surface area contributed by atoms with E-state index in [-0.39, 0.29) is 0 Å². The molecule has 0 fully saturated rings. The molecule has 0 aromatic heterocycles.